The topological polar surface area (TPSA) is 32.7 Å². The number of fused-ring (bicyclic) bond motifs is 1. The number of rotatable bonds is 2. The maximum atomic E-state index is 12.5. The summed E-state index contributed by atoms with van der Waals surface area (Å²) in [7, 11) is 0. The number of nitrogens with zero attached hydrogens (tertiary/aromatic N) is 2. The molecule has 0 radical (unpaired) electrons. The van der Waals surface area contributed by atoms with Gasteiger partial charge in [-0.05, 0) is 39.0 Å². The van der Waals surface area contributed by atoms with Gasteiger partial charge >= 0.3 is 0 Å². The van der Waals surface area contributed by atoms with E-state index >= 15 is 0 Å². The molecule has 0 spiro atoms. The summed E-state index contributed by atoms with van der Waals surface area (Å²) >= 11 is 6.21. The summed E-state index contributed by atoms with van der Waals surface area (Å²) in [6, 6.07) is 13.9. The van der Waals surface area contributed by atoms with Crippen LogP contribution < -0.4 is 4.90 Å². The largest absolute Gasteiger partial charge is 0.308 e. The van der Waals surface area contributed by atoms with Crippen LogP contribution in [-0.4, -0.2) is 24.2 Å². The van der Waals surface area contributed by atoms with E-state index in [1.165, 1.54) is 5.56 Å². The monoisotopic (exact) mass is 326 g/mol. The van der Waals surface area contributed by atoms with Crippen LogP contribution in [0.15, 0.2) is 47.5 Å². The number of hydrogen-bond donors (Lipinski definition) is 0. The molecule has 3 nitrogen and oxygen atoms in total. The molecular formula is C19H19ClN2O. The average molecular weight is 327 g/mol. The zero-order valence-corrected chi connectivity index (χ0v) is 14.3. The molecule has 0 fully saturated rings. The van der Waals surface area contributed by atoms with Gasteiger partial charge in [0.15, 0.2) is 0 Å². The Morgan fingerprint density at radius 1 is 1.13 bits per heavy atom. The van der Waals surface area contributed by atoms with Gasteiger partial charge in [-0.3, -0.25) is 9.79 Å². The number of aryl methyl sites for hydroxylation is 1. The SMILES string of the molecule is Cc1ccc(C2=NCC(=O)N(C(C)C)c3ccc(Cl)cc32)cc1. The zero-order valence-electron chi connectivity index (χ0n) is 13.5. The van der Waals surface area contributed by atoms with Gasteiger partial charge in [-0.1, -0.05) is 41.4 Å². The molecule has 0 aliphatic carbocycles. The Morgan fingerprint density at radius 3 is 2.48 bits per heavy atom. The normalized spacial score (nSPS) is 14.6. The summed E-state index contributed by atoms with van der Waals surface area (Å²) in [6.45, 7) is 6.21. The Morgan fingerprint density at radius 2 is 1.83 bits per heavy atom. The first-order chi connectivity index (χ1) is 11.0. The fraction of sp³-hybridized carbons (Fsp3) is 0.263. The molecule has 0 unspecified atom stereocenters. The lowest BCUT2D eigenvalue weighted by atomic mass is 9.99. The molecule has 3 rings (SSSR count). The highest BCUT2D eigenvalue weighted by atomic mass is 35.5. The van der Waals surface area contributed by atoms with Gasteiger partial charge in [0.05, 0.1) is 11.4 Å². The fourth-order valence-electron chi connectivity index (χ4n) is 2.87. The minimum Gasteiger partial charge on any atom is -0.308 e. The van der Waals surface area contributed by atoms with Crippen molar-refractivity contribution < 1.29 is 4.79 Å². The third-order valence-electron chi connectivity index (χ3n) is 3.96. The van der Waals surface area contributed by atoms with Crippen molar-refractivity contribution in [1.29, 1.82) is 0 Å². The van der Waals surface area contributed by atoms with E-state index in [-0.39, 0.29) is 18.5 Å². The minimum absolute atomic E-state index is 0.00526. The number of halogens is 1. The molecule has 4 heteroatoms. The maximum Gasteiger partial charge on any atom is 0.248 e. The van der Waals surface area contributed by atoms with Crippen LogP contribution >= 0.6 is 11.6 Å². The first kappa shape index (κ1) is 15.8. The van der Waals surface area contributed by atoms with Crippen molar-refractivity contribution in [2.75, 3.05) is 11.4 Å². The second kappa shape index (κ2) is 6.17. The molecular weight excluding hydrogens is 308 g/mol. The van der Waals surface area contributed by atoms with Crippen molar-refractivity contribution in [3.63, 3.8) is 0 Å². The van der Waals surface area contributed by atoms with Crippen LogP contribution in [0.2, 0.25) is 5.02 Å². The van der Waals surface area contributed by atoms with E-state index in [4.69, 9.17) is 11.6 Å². The first-order valence-corrected chi connectivity index (χ1v) is 8.08. The molecule has 1 heterocycles. The molecule has 23 heavy (non-hydrogen) atoms. The van der Waals surface area contributed by atoms with Gasteiger partial charge < -0.3 is 4.90 Å². The van der Waals surface area contributed by atoms with Crippen molar-refractivity contribution in [2.24, 2.45) is 4.99 Å². The number of benzodiazepines with no additional fused rings is 1. The highest BCUT2D eigenvalue weighted by molar-refractivity contribution is 6.32. The van der Waals surface area contributed by atoms with Gasteiger partial charge in [0.25, 0.3) is 0 Å². The molecule has 1 aliphatic heterocycles. The molecule has 2 aromatic rings. The van der Waals surface area contributed by atoms with Crippen LogP contribution in [-0.2, 0) is 4.79 Å². The van der Waals surface area contributed by atoms with Gasteiger partial charge in [-0.2, -0.15) is 0 Å². The van der Waals surface area contributed by atoms with E-state index < -0.39 is 0 Å². The molecule has 0 bridgehead atoms. The number of anilines is 1. The quantitative estimate of drug-likeness (QED) is 0.812. The second-order valence-corrected chi connectivity index (χ2v) is 6.49. The summed E-state index contributed by atoms with van der Waals surface area (Å²) in [5, 5.41) is 0.640. The highest BCUT2D eigenvalue weighted by Gasteiger charge is 2.27. The molecule has 118 valence electrons. The van der Waals surface area contributed by atoms with Crippen molar-refractivity contribution >= 4 is 28.9 Å². The third-order valence-corrected chi connectivity index (χ3v) is 4.19. The summed E-state index contributed by atoms with van der Waals surface area (Å²) in [4.78, 5) is 18.9. The van der Waals surface area contributed by atoms with Crippen LogP contribution in [0.25, 0.3) is 0 Å². The van der Waals surface area contributed by atoms with Gasteiger partial charge in [0.1, 0.15) is 6.54 Å². The predicted octanol–water partition coefficient (Wildman–Crippen LogP) is 4.24. The van der Waals surface area contributed by atoms with E-state index in [1.54, 1.807) is 4.90 Å². The number of benzene rings is 2. The standard InChI is InChI=1S/C19H19ClN2O/c1-12(2)22-17-9-8-15(20)10-16(17)19(21-11-18(22)23)14-6-4-13(3)5-7-14/h4-10,12H,11H2,1-3H3. The lowest BCUT2D eigenvalue weighted by Gasteiger charge is -2.27. The van der Waals surface area contributed by atoms with Crippen LogP contribution in [0.5, 0.6) is 0 Å². The number of amides is 1. The number of aliphatic imine (C=N–C) groups is 1. The van der Waals surface area contributed by atoms with E-state index in [9.17, 15) is 4.79 Å². The second-order valence-electron chi connectivity index (χ2n) is 6.05. The first-order valence-electron chi connectivity index (χ1n) is 7.71. The van der Waals surface area contributed by atoms with Gasteiger partial charge in [0, 0.05) is 22.2 Å². The molecule has 0 saturated heterocycles. The predicted molar refractivity (Wildman–Crippen MR) is 95.8 cm³/mol. The van der Waals surface area contributed by atoms with Crippen molar-refractivity contribution in [2.45, 2.75) is 26.8 Å². The number of carbonyl (C=O) groups excluding carboxylic acids is 1. The zero-order chi connectivity index (χ0) is 16.6. The van der Waals surface area contributed by atoms with E-state index in [0.29, 0.717) is 5.02 Å². The Hall–Kier alpha value is -2.13. The highest BCUT2D eigenvalue weighted by Crippen LogP contribution is 2.30. The van der Waals surface area contributed by atoms with Crippen molar-refractivity contribution in [3.05, 3.63) is 64.2 Å². The Labute approximate surface area is 141 Å². The molecule has 0 aromatic heterocycles. The van der Waals surface area contributed by atoms with Crippen molar-refractivity contribution in [1.82, 2.24) is 0 Å². The van der Waals surface area contributed by atoms with Crippen LogP contribution in [0.3, 0.4) is 0 Å². The molecule has 2 aromatic carbocycles. The lowest BCUT2D eigenvalue weighted by molar-refractivity contribution is -0.117. The number of hydrogen-bond acceptors (Lipinski definition) is 2. The average Bonchev–Trinajstić information content (AvgIpc) is 2.64. The molecule has 0 saturated carbocycles. The van der Waals surface area contributed by atoms with Crippen LogP contribution in [0, 0.1) is 6.92 Å². The molecule has 0 atom stereocenters. The summed E-state index contributed by atoms with van der Waals surface area (Å²) in [6.07, 6.45) is 0. The Balaban J connectivity index is 2.21. The third kappa shape index (κ3) is 3.02. The fourth-order valence-corrected chi connectivity index (χ4v) is 3.05. The summed E-state index contributed by atoms with van der Waals surface area (Å²) < 4.78 is 0. The lowest BCUT2D eigenvalue weighted by Crippen LogP contribution is -2.38. The van der Waals surface area contributed by atoms with Gasteiger partial charge in [-0.25, -0.2) is 0 Å². The Kier molecular flexibility index (Phi) is 4.22. The molecule has 1 amide bonds. The van der Waals surface area contributed by atoms with Crippen LogP contribution in [0.1, 0.15) is 30.5 Å². The van der Waals surface area contributed by atoms with Gasteiger partial charge in [-0.15, -0.1) is 0 Å². The smallest absolute Gasteiger partial charge is 0.248 e. The van der Waals surface area contributed by atoms with Gasteiger partial charge in [0.2, 0.25) is 5.91 Å². The molecule has 1 aliphatic rings. The van der Waals surface area contributed by atoms with E-state index in [2.05, 4.69) is 17.1 Å². The summed E-state index contributed by atoms with van der Waals surface area (Å²) in [5.74, 6) is 0.00526. The van der Waals surface area contributed by atoms with Crippen LogP contribution in [0.4, 0.5) is 5.69 Å². The van der Waals surface area contributed by atoms with E-state index in [1.807, 2.05) is 51.1 Å². The number of carbonyl (C=O) groups is 1. The molecule has 0 N–H and O–H groups in total. The minimum atomic E-state index is 0.00526. The summed E-state index contributed by atoms with van der Waals surface area (Å²) in [5.41, 5.74) is 4.78. The van der Waals surface area contributed by atoms with E-state index in [0.717, 1.165) is 22.5 Å². The Bertz CT molecular complexity index is 778. The van der Waals surface area contributed by atoms with Crippen molar-refractivity contribution in [3.8, 4) is 0 Å². The maximum absolute atomic E-state index is 12.5.